The van der Waals surface area contributed by atoms with E-state index < -0.39 is 5.41 Å². The number of hydrogen-bond acceptors (Lipinski definition) is 5. The second kappa shape index (κ2) is 5.13. The van der Waals surface area contributed by atoms with Gasteiger partial charge in [0.05, 0.1) is 24.3 Å². The number of carbonyl (C=O) groups is 1. The molecule has 124 valence electrons. The van der Waals surface area contributed by atoms with Crippen LogP contribution in [0.5, 0.6) is 0 Å². The van der Waals surface area contributed by atoms with Crippen molar-refractivity contribution in [3.63, 3.8) is 0 Å². The summed E-state index contributed by atoms with van der Waals surface area (Å²) in [7, 11) is 0. The van der Waals surface area contributed by atoms with Crippen LogP contribution in [0.3, 0.4) is 0 Å². The minimum absolute atomic E-state index is 0.108. The molecule has 23 heavy (non-hydrogen) atoms. The van der Waals surface area contributed by atoms with E-state index in [1.54, 1.807) is 6.20 Å². The summed E-state index contributed by atoms with van der Waals surface area (Å²) >= 11 is 6.17. The molecule has 2 heterocycles. The fourth-order valence-electron chi connectivity index (χ4n) is 4.63. The van der Waals surface area contributed by atoms with Gasteiger partial charge in [-0.1, -0.05) is 11.6 Å². The molecule has 7 heteroatoms. The predicted molar refractivity (Wildman–Crippen MR) is 82.7 cm³/mol. The Morgan fingerprint density at radius 2 is 1.70 bits per heavy atom. The number of halogens is 1. The Hall–Kier alpha value is -1.24. The van der Waals surface area contributed by atoms with Crippen molar-refractivity contribution in [2.75, 3.05) is 13.2 Å². The van der Waals surface area contributed by atoms with E-state index in [2.05, 4.69) is 9.97 Å². The topological polar surface area (TPSA) is 87.3 Å². The Kier molecular flexibility index (Phi) is 3.41. The summed E-state index contributed by atoms with van der Waals surface area (Å²) in [5.41, 5.74) is 5.57. The molecule has 1 aromatic rings. The number of hydrogen-bond donors (Lipinski definition) is 1. The molecule has 0 unspecified atom stereocenters. The van der Waals surface area contributed by atoms with Gasteiger partial charge in [-0.2, -0.15) is 0 Å². The van der Waals surface area contributed by atoms with Crippen molar-refractivity contribution < 1.29 is 14.3 Å². The molecule has 2 spiro atoms. The van der Waals surface area contributed by atoms with Crippen LogP contribution in [-0.4, -0.2) is 34.9 Å². The summed E-state index contributed by atoms with van der Waals surface area (Å²) in [6.07, 6.45) is 8.14. The van der Waals surface area contributed by atoms with Crippen molar-refractivity contribution in [2.45, 2.75) is 49.7 Å². The average molecular weight is 338 g/mol. The summed E-state index contributed by atoms with van der Waals surface area (Å²) in [6.45, 7) is 1.35. The summed E-state index contributed by atoms with van der Waals surface area (Å²) in [5.74, 6) is -0.750. The zero-order valence-electron chi connectivity index (χ0n) is 12.9. The molecule has 0 atom stereocenters. The van der Waals surface area contributed by atoms with Crippen molar-refractivity contribution in [1.29, 1.82) is 0 Å². The zero-order valence-corrected chi connectivity index (χ0v) is 13.6. The van der Waals surface area contributed by atoms with Gasteiger partial charge >= 0.3 is 0 Å². The standard InChI is InChI=1S/C16H20ClN3O3/c17-12-11(19-5-6-20-12)15(13(18)21)9-14(10-15)1-3-16(4-2-14)22-7-8-23-16/h5-6H,1-4,7-10H2,(H2,18,21). The highest BCUT2D eigenvalue weighted by Gasteiger charge is 2.62. The van der Waals surface area contributed by atoms with Crippen molar-refractivity contribution in [1.82, 2.24) is 9.97 Å². The van der Waals surface area contributed by atoms with Crippen LogP contribution < -0.4 is 5.73 Å². The van der Waals surface area contributed by atoms with Crippen LogP contribution in [0.15, 0.2) is 12.4 Å². The molecule has 0 aromatic carbocycles. The molecule has 2 N–H and O–H groups in total. The summed E-state index contributed by atoms with van der Waals surface area (Å²) in [5, 5.41) is 0.274. The Labute approximate surface area is 139 Å². The van der Waals surface area contributed by atoms with E-state index in [-0.39, 0.29) is 22.3 Å². The van der Waals surface area contributed by atoms with E-state index >= 15 is 0 Å². The first-order valence-electron chi connectivity index (χ1n) is 8.04. The number of ether oxygens (including phenoxy) is 2. The molecule has 1 aliphatic heterocycles. The fourth-order valence-corrected chi connectivity index (χ4v) is 4.92. The molecule has 0 bridgehead atoms. The quantitative estimate of drug-likeness (QED) is 0.891. The smallest absolute Gasteiger partial charge is 0.229 e. The maximum absolute atomic E-state index is 12.2. The number of nitrogens with two attached hydrogens (primary N) is 1. The third-order valence-corrected chi connectivity index (χ3v) is 6.09. The highest BCUT2D eigenvalue weighted by Crippen LogP contribution is 2.63. The lowest BCUT2D eigenvalue weighted by molar-refractivity contribution is -0.205. The number of carbonyl (C=O) groups excluding carboxylic acids is 1. The van der Waals surface area contributed by atoms with Gasteiger partial charge in [0.1, 0.15) is 0 Å². The number of amides is 1. The first kappa shape index (κ1) is 15.3. The number of aromatic nitrogens is 2. The van der Waals surface area contributed by atoms with E-state index in [4.69, 9.17) is 26.8 Å². The maximum atomic E-state index is 12.2. The van der Waals surface area contributed by atoms with Gasteiger partial charge in [0.2, 0.25) is 5.91 Å². The van der Waals surface area contributed by atoms with E-state index in [0.29, 0.717) is 31.7 Å². The van der Waals surface area contributed by atoms with Gasteiger partial charge in [0, 0.05) is 25.2 Å². The average Bonchev–Trinajstić information content (AvgIpc) is 2.95. The molecular weight excluding hydrogens is 318 g/mol. The van der Waals surface area contributed by atoms with Gasteiger partial charge in [0.25, 0.3) is 0 Å². The second-order valence-electron chi connectivity index (χ2n) is 7.10. The van der Waals surface area contributed by atoms with Crippen molar-refractivity contribution in [2.24, 2.45) is 11.1 Å². The molecule has 1 saturated heterocycles. The first-order chi connectivity index (χ1) is 11.0. The summed E-state index contributed by atoms with van der Waals surface area (Å²) < 4.78 is 11.6. The highest BCUT2D eigenvalue weighted by molar-refractivity contribution is 6.30. The first-order valence-corrected chi connectivity index (χ1v) is 8.42. The predicted octanol–water partition coefficient (Wildman–Crippen LogP) is 1.95. The third kappa shape index (κ3) is 2.27. The van der Waals surface area contributed by atoms with Crippen LogP contribution in [0.25, 0.3) is 0 Å². The van der Waals surface area contributed by atoms with Crippen molar-refractivity contribution >= 4 is 17.5 Å². The zero-order chi connectivity index (χ0) is 16.1. The van der Waals surface area contributed by atoms with E-state index in [1.165, 1.54) is 6.20 Å². The third-order valence-electron chi connectivity index (χ3n) is 5.82. The van der Waals surface area contributed by atoms with Gasteiger partial charge in [-0.3, -0.25) is 9.78 Å². The van der Waals surface area contributed by atoms with Gasteiger partial charge in [-0.25, -0.2) is 4.98 Å². The lowest BCUT2D eigenvalue weighted by atomic mass is 9.47. The molecule has 6 nitrogen and oxygen atoms in total. The van der Waals surface area contributed by atoms with Crippen LogP contribution in [0.1, 0.15) is 44.2 Å². The summed E-state index contributed by atoms with van der Waals surface area (Å²) in [6, 6.07) is 0. The fraction of sp³-hybridized carbons (Fsp3) is 0.688. The Bertz CT molecular complexity index is 627. The van der Waals surface area contributed by atoms with Crippen molar-refractivity contribution in [3.05, 3.63) is 23.2 Å². The van der Waals surface area contributed by atoms with E-state index in [9.17, 15) is 4.79 Å². The van der Waals surface area contributed by atoms with Gasteiger partial charge in [-0.05, 0) is 31.1 Å². The number of nitrogens with zero attached hydrogens (tertiary/aromatic N) is 2. The van der Waals surface area contributed by atoms with Crippen LogP contribution in [-0.2, 0) is 19.7 Å². The van der Waals surface area contributed by atoms with E-state index in [1.807, 2.05) is 0 Å². The molecule has 3 fully saturated rings. The largest absolute Gasteiger partial charge is 0.369 e. The van der Waals surface area contributed by atoms with Crippen LogP contribution >= 0.6 is 11.6 Å². The molecule has 1 amide bonds. The van der Waals surface area contributed by atoms with E-state index in [0.717, 1.165) is 25.7 Å². The monoisotopic (exact) mass is 337 g/mol. The maximum Gasteiger partial charge on any atom is 0.229 e. The molecule has 2 saturated carbocycles. The Morgan fingerprint density at radius 1 is 1.09 bits per heavy atom. The lowest BCUT2D eigenvalue weighted by Crippen LogP contribution is -2.59. The van der Waals surface area contributed by atoms with Crippen LogP contribution in [0.2, 0.25) is 5.15 Å². The molecular formula is C16H20ClN3O3. The molecule has 2 aliphatic carbocycles. The minimum Gasteiger partial charge on any atom is -0.369 e. The molecule has 0 radical (unpaired) electrons. The minimum atomic E-state index is -0.784. The van der Waals surface area contributed by atoms with Crippen LogP contribution in [0, 0.1) is 5.41 Å². The molecule has 1 aromatic heterocycles. The van der Waals surface area contributed by atoms with Gasteiger partial charge in [0.15, 0.2) is 10.9 Å². The number of rotatable bonds is 2. The van der Waals surface area contributed by atoms with Crippen molar-refractivity contribution in [3.8, 4) is 0 Å². The Balaban J connectivity index is 1.54. The normalized spacial score (nSPS) is 27.0. The highest BCUT2D eigenvalue weighted by atomic mass is 35.5. The second-order valence-corrected chi connectivity index (χ2v) is 7.46. The van der Waals surface area contributed by atoms with Crippen LogP contribution in [0.4, 0.5) is 0 Å². The summed E-state index contributed by atoms with van der Waals surface area (Å²) in [4.78, 5) is 20.5. The van der Waals surface area contributed by atoms with Gasteiger partial charge in [-0.15, -0.1) is 0 Å². The number of primary amides is 1. The Morgan fingerprint density at radius 3 is 2.26 bits per heavy atom. The lowest BCUT2D eigenvalue weighted by Gasteiger charge is -2.57. The molecule has 4 rings (SSSR count). The molecule has 3 aliphatic rings. The SMILES string of the molecule is NC(=O)C1(c2nccnc2Cl)CC2(CCC3(CC2)OCCO3)C1. The van der Waals surface area contributed by atoms with Gasteiger partial charge < -0.3 is 15.2 Å².